The van der Waals surface area contributed by atoms with Gasteiger partial charge in [0.25, 0.3) is 11.8 Å². The number of carbonyl (C=O) groups is 2. The topological polar surface area (TPSA) is 87.7 Å². The van der Waals surface area contributed by atoms with E-state index in [-0.39, 0.29) is 25.0 Å². The van der Waals surface area contributed by atoms with Gasteiger partial charge in [0.15, 0.2) is 6.10 Å². The van der Waals surface area contributed by atoms with Gasteiger partial charge in [0, 0.05) is 12.1 Å². The number of hydrogen-bond donors (Lipinski definition) is 3. The third-order valence-electron chi connectivity index (χ3n) is 2.57. The lowest BCUT2D eigenvalue weighted by atomic mass is 10.1. The predicted molar refractivity (Wildman–Crippen MR) is 64.6 cm³/mol. The second kappa shape index (κ2) is 5.05. The van der Waals surface area contributed by atoms with Crippen molar-refractivity contribution in [1.82, 2.24) is 5.32 Å². The summed E-state index contributed by atoms with van der Waals surface area (Å²) in [5, 5.41) is 13.8. The van der Waals surface area contributed by atoms with E-state index >= 15 is 0 Å². The number of aliphatic hydroxyl groups is 1. The average Bonchev–Trinajstić information content (AvgIpc) is 2.36. The van der Waals surface area contributed by atoms with Crippen molar-refractivity contribution in [2.45, 2.75) is 13.0 Å². The van der Waals surface area contributed by atoms with Gasteiger partial charge >= 0.3 is 0 Å². The molecule has 96 valence electrons. The first-order valence-corrected chi connectivity index (χ1v) is 5.62. The van der Waals surface area contributed by atoms with Gasteiger partial charge in [-0.3, -0.25) is 9.59 Å². The molecule has 0 aromatic heterocycles. The van der Waals surface area contributed by atoms with Crippen molar-refractivity contribution in [2.75, 3.05) is 18.5 Å². The minimum Gasteiger partial charge on any atom is -0.479 e. The van der Waals surface area contributed by atoms with Crippen LogP contribution < -0.4 is 15.4 Å². The third-order valence-corrected chi connectivity index (χ3v) is 2.57. The van der Waals surface area contributed by atoms with Gasteiger partial charge in [-0.2, -0.15) is 0 Å². The molecule has 0 aliphatic carbocycles. The Bertz CT molecular complexity index is 487. The quantitative estimate of drug-likeness (QED) is 0.711. The number of aliphatic hydroxyl groups excluding tert-OH is 1. The summed E-state index contributed by atoms with van der Waals surface area (Å²) >= 11 is 0. The van der Waals surface area contributed by atoms with Crippen LogP contribution in [0.2, 0.25) is 0 Å². The number of hydrogen-bond acceptors (Lipinski definition) is 4. The van der Waals surface area contributed by atoms with Crippen molar-refractivity contribution in [3.05, 3.63) is 23.8 Å². The van der Waals surface area contributed by atoms with Crippen molar-refractivity contribution in [2.24, 2.45) is 0 Å². The third kappa shape index (κ3) is 2.43. The van der Waals surface area contributed by atoms with Crippen molar-refractivity contribution < 1.29 is 19.4 Å². The van der Waals surface area contributed by atoms with Crippen LogP contribution in [0.5, 0.6) is 5.75 Å². The summed E-state index contributed by atoms with van der Waals surface area (Å²) in [7, 11) is 0. The Kier molecular flexibility index (Phi) is 3.47. The molecule has 0 bridgehead atoms. The molecule has 1 aromatic carbocycles. The minimum absolute atomic E-state index is 0.117. The van der Waals surface area contributed by atoms with Gasteiger partial charge in [0.05, 0.1) is 12.3 Å². The van der Waals surface area contributed by atoms with Crippen molar-refractivity contribution in [1.29, 1.82) is 0 Å². The maximum Gasteiger partial charge on any atom is 0.265 e. The summed E-state index contributed by atoms with van der Waals surface area (Å²) in [5.74, 6) is -0.00375. The number of ether oxygens (including phenoxy) is 1. The number of carbonyl (C=O) groups excluding carboxylic acids is 2. The van der Waals surface area contributed by atoms with Crippen LogP contribution in [0.1, 0.15) is 17.3 Å². The van der Waals surface area contributed by atoms with Crippen LogP contribution in [-0.2, 0) is 4.79 Å². The number of rotatable bonds is 3. The predicted octanol–water partition coefficient (Wildman–Crippen LogP) is 0.128. The molecule has 0 radical (unpaired) electrons. The Labute approximate surface area is 104 Å². The average molecular weight is 250 g/mol. The first-order chi connectivity index (χ1) is 8.61. The Morgan fingerprint density at radius 1 is 1.56 bits per heavy atom. The fraction of sp³-hybridized carbons (Fsp3) is 0.333. The van der Waals surface area contributed by atoms with Gasteiger partial charge < -0.3 is 20.5 Å². The summed E-state index contributed by atoms with van der Waals surface area (Å²) in [6, 6.07) is 4.79. The summed E-state index contributed by atoms with van der Waals surface area (Å²) < 4.78 is 5.38. The van der Waals surface area contributed by atoms with Gasteiger partial charge in [-0.25, -0.2) is 0 Å². The molecule has 0 saturated carbocycles. The lowest BCUT2D eigenvalue weighted by Gasteiger charge is -2.23. The second-order valence-corrected chi connectivity index (χ2v) is 3.94. The molecule has 6 nitrogen and oxygen atoms in total. The number of amides is 2. The molecule has 18 heavy (non-hydrogen) atoms. The first kappa shape index (κ1) is 12.4. The molecule has 1 aromatic rings. The fourth-order valence-electron chi connectivity index (χ4n) is 1.62. The smallest absolute Gasteiger partial charge is 0.265 e. The fourth-order valence-corrected chi connectivity index (χ4v) is 1.62. The first-order valence-electron chi connectivity index (χ1n) is 5.62. The van der Waals surface area contributed by atoms with Crippen LogP contribution in [0.3, 0.4) is 0 Å². The van der Waals surface area contributed by atoms with Crippen LogP contribution >= 0.6 is 0 Å². The Morgan fingerprint density at radius 2 is 2.33 bits per heavy atom. The number of fused-ring (bicyclic) bond motifs is 1. The number of nitrogens with one attached hydrogen (secondary N) is 2. The second-order valence-electron chi connectivity index (χ2n) is 3.94. The van der Waals surface area contributed by atoms with E-state index < -0.39 is 6.10 Å². The zero-order valence-electron chi connectivity index (χ0n) is 9.90. The lowest BCUT2D eigenvalue weighted by molar-refractivity contribution is -0.122. The SMILES string of the molecule is CC1Oc2ccc(C(=O)NCCO)cc2NC1=O. The molecular weight excluding hydrogens is 236 g/mol. The molecule has 1 heterocycles. The van der Waals surface area contributed by atoms with E-state index in [1.54, 1.807) is 25.1 Å². The summed E-state index contributed by atoms with van der Waals surface area (Å²) in [5.41, 5.74) is 0.885. The summed E-state index contributed by atoms with van der Waals surface area (Å²) in [4.78, 5) is 23.1. The molecule has 1 aliphatic heterocycles. The van der Waals surface area contributed by atoms with Gasteiger partial charge in [0.1, 0.15) is 5.75 Å². The van der Waals surface area contributed by atoms with Gasteiger partial charge in [0.2, 0.25) is 0 Å². The standard InChI is InChI=1S/C12H14N2O4/c1-7-11(16)14-9-6-8(2-3-10(9)18-7)12(17)13-4-5-15/h2-3,6-7,15H,4-5H2,1H3,(H,13,17)(H,14,16). The zero-order valence-corrected chi connectivity index (χ0v) is 9.90. The van der Waals surface area contributed by atoms with Crippen molar-refractivity contribution in [3.8, 4) is 5.75 Å². The Balaban J connectivity index is 2.19. The highest BCUT2D eigenvalue weighted by Crippen LogP contribution is 2.30. The van der Waals surface area contributed by atoms with Gasteiger partial charge in [-0.05, 0) is 25.1 Å². The van der Waals surface area contributed by atoms with Gasteiger partial charge in [-0.1, -0.05) is 0 Å². The van der Waals surface area contributed by atoms with E-state index in [0.717, 1.165) is 0 Å². The van der Waals surface area contributed by atoms with Crippen LogP contribution in [0, 0.1) is 0 Å². The molecule has 2 amide bonds. The van der Waals surface area contributed by atoms with Gasteiger partial charge in [-0.15, -0.1) is 0 Å². The number of benzene rings is 1. The molecule has 1 aliphatic rings. The van der Waals surface area contributed by atoms with Crippen LogP contribution in [0.15, 0.2) is 18.2 Å². The van der Waals surface area contributed by atoms with E-state index in [9.17, 15) is 9.59 Å². The van der Waals surface area contributed by atoms with Crippen molar-refractivity contribution >= 4 is 17.5 Å². The molecule has 0 spiro atoms. The maximum atomic E-state index is 11.7. The normalized spacial score (nSPS) is 17.4. The summed E-state index contributed by atoms with van der Waals surface area (Å²) in [6.07, 6.45) is -0.536. The van der Waals surface area contributed by atoms with E-state index in [1.807, 2.05) is 0 Å². The van der Waals surface area contributed by atoms with Crippen LogP contribution in [0.25, 0.3) is 0 Å². The van der Waals surface area contributed by atoms with E-state index in [4.69, 9.17) is 9.84 Å². The van der Waals surface area contributed by atoms with E-state index in [0.29, 0.717) is 17.0 Å². The van der Waals surface area contributed by atoms with E-state index in [1.165, 1.54) is 0 Å². The highest BCUT2D eigenvalue weighted by molar-refractivity contribution is 6.00. The van der Waals surface area contributed by atoms with E-state index in [2.05, 4.69) is 10.6 Å². The molecule has 2 rings (SSSR count). The monoisotopic (exact) mass is 250 g/mol. The largest absolute Gasteiger partial charge is 0.479 e. The lowest BCUT2D eigenvalue weighted by Crippen LogP contribution is -2.34. The highest BCUT2D eigenvalue weighted by Gasteiger charge is 2.24. The van der Waals surface area contributed by atoms with Crippen LogP contribution in [0.4, 0.5) is 5.69 Å². The molecular formula is C12H14N2O4. The minimum atomic E-state index is -0.536. The van der Waals surface area contributed by atoms with Crippen molar-refractivity contribution in [3.63, 3.8) is 0 Å². The Hall–Kier alpha value is -2.08. The molecule has 0 fully saturated rings. The Morgan fingerprint density at radius 3 is 3.06 bits per heavy atom. The molecule has 6 heteroatoms. The zero-order chi connectivity index (χ0) is 13.1. The molecule has 1 unspecified atom stereocenters. The maximum absolute atomic E-state index is 11.7. The van der Waals surface area contributed by atoms with Crippen LogP contribution in [-0.4, -0.2) is 36.2 Å². The number of anilines is 1. The molecule has 0 saturated heterocycles. The highest BCUT2D eigenvalue weighted by atomic mass is 16.5. The molecule has 3 N–H and O–H groups in total. The summed E-state index contributed by atoms with van der Waals surface area (Å²) in [6.45, 7) is 1.73. The molecule has 1 atom stereocenters.